The van der Waals surface area contributed by atoms with Crippen LogP contribution in [0.3, 0.4) is 0 Å². The minimum Gasteiger partial charge on any atom is -0.438 e. The van der Waals surface area contributed by atoms with Crippen molar-refractivity contribution < 1.29 is 4.42 Å². The standard InChI is InChI=1S/C41H25N5O/c1-3-9-28(10-4-1)38-44-39(29-11-5-2-6-12-29)46-40(45-38)30-18-15-26(16-19-30)31-20-17-27-23-24-42-37(34(27)25-31)35-22-21-33-32-13-7-8-14-36(32)47-41(33)43-35/h1-25H. The zero-order chi connectivity index (χ0) is 31.2. The Morgan fingerprint density at radius 1 is 0.404 bits per heavy atom. The van der Waals surface area contributed by atoms with Crippen molar-refractivity contribution in [3.8, 4) is 56.7 Å². The largest absolute Gasteiger partial charge is 0.438 e. The van der Waals surface area contributed by atoms with E-state index in [1.54, 1.807) is 0 Å². The van der Waals surface area contributed by atoms with Crippen LogP contribution in [0.2, 0.25) is 0 Å². The Hall–Kier alpha value is -6.53. The summed E-state index contributed by atoms with van der Waals surface area (Å²) in [6, 6.07) is 49.0. The Balaban J connectivity index is 1.10. The third-order valence-electron chi connectivity index (χ3n) is 8.43. The fourth-order valence-electron chi connectivity index (χ4n) is 6.04. The maximum atomic E-state index is 6.08. The number of furan rings is 1. The molecule has 0 spiro atoms. The molecule has 0 saturated carbocycles. The third-order valence-corrected chi connectivity index (χ3v) is 8.43. The van der Waals surface area contributed by atoms with E-state index in [0.29, 0.717) is 23.2 Å². The lowest BCUT2D eigenvalue weighted by molar-refractivity contribution is 0.654. The van der Waals surface area contributed by atoms with E-state index in [-0.39, 0.29) is 0 Å². The van der Waals surface area contributed by atoms with Gasteiger partial charge in [-0.15, -0.1) is 0 Å². The van der Waals surface area contributed by atoms with E-state index >= 15 is 0 Å². The quantitative estimate of drug-likeness (QED) is 0.195. The van der Waals surface area contributed by atoms with Crippen LogP contribution in [0.1, 0.15) is 0 Å². The fourth-order valence-corrected chi connectivity index (χ4v) is 6.04. The molecule has 4 heterocycles. The van der Waals surface area contributed by atoms with Crippen molar-refractivity contribution in [2.45, 2.75) is 0 Å². The second kappa shape index (κ2) is 11.1. The van der Waals surface area contributed by atoms with E-state index in [1.165, 1.54) is 0 Å². The van der Waals surface area contributed by atoms with Gasteiger partial charge in [0.05, 0.1) is 11.4 Å². The lowest BCUT2D eigenvalue weighted by atomic mass is 9.98. The molecular weight excluding hydrogens is 578 g/mol. The molecule has 0 amide bonds. The molecule has 220 valence electrons. The number of hydrogen-bond donors (Lipinski definition) is 0. The lowest BCUT2D eigenvalue weighted by Gasteiger charge is -2.10. The number of benzene rings is 5. The van der Waals surface area contributed by atoms with Crippen molar-refractivity contribution in [2.24, 2.45) is 0 Å². The molecule has 0 aliphatic carbocycles. The third kappa shape index (κ3) is 4.89. The molecule has 5 aromatic carbocycles. The van der Waals surface area contributed by atoms with Crippen LogP contribution in [-0.4, -0.2) is 24.9 Å². The van der Waals surface area contributed by atoms with Crippen LogP contribution in [0.4, 0.5) is 0 Å². The smallest absolute Gasteiger partial charge is 0.227 e. The first kappa shape index (κ1) is 26.8. The molecule has 9 aromatic rings. The number of para-hydroxylation sites is 1. The molecule has 0 N–H and O–H groups in total. The first-order chi connectivity index (χ1) is 23.3. The summed E-state index contributed by atoms with van der Waals surface area (Å²) in [5.74, 6) is 1.91. The first-order valence-corrected chi connectivity index (χ1v) is 15.4. The maximum absolute atomic E-state index is 6.08. The highest BCUT2D eigenvalue weighted by Gasteiger charge is 2.15. The predicted octanol–water partition coefficient (Wildman–Crippen LogP) is 10.0. The van der Waals surface area contributed by atoms with E-state index in [9.17, 15) is 0 Å². The van der Waals surface area contributed by atoms with Crippen LogP contribution in [0, 0.1) is 0 Å². The fraction of sp³-hybridized carbons (Fsp3) is 0. The van der Waals surface area contributed by atoms with Gasteiger partial charge in [-0.25, -0.2) is 19.9 Å². The summed E-state index contributed by atoms with van der Waals surface area (Å²) >= 11 is 0. The van der Waals surface area contributed by atoms with Gasteiger partial charge in [0.2, 0.25) is 5.71 Å². The Morgan fingerprint density at radius 3 is 1.70 bits per heavy atom. The van der Waals surface area contributed by atoms with Gasteiger partial charge in [-0.3, -0.25) is 4.98 Å². The minimum atomic E-state index is 0.610. The van der Waals surface area contributed by atoms with E-state index in [4.69, 9.17) is 29.3 Å². The maximum Gasteiger partial charge on any atom is 0.227 e. The first-order valence-electron chi connectivity index (χ1n) is 15.4. The number of pyridine rings is 2. The molecule has 0 bridgehead atoms. The van der Waals surface area contributed by atoms with E-state index in [1.807, 2.05) is 97.2 Å². The molecule has 4 aromatic heterocycles. The molecule has 0 unspecified atom stereocenters. The molecule has 6 nitrogen and oxygen atoms in total. The van der Waals surface area contributed by atoms with Crippen LogP contribution in [0.5, 0.6) is 0 Å². The molecule has 0 aliphatic heterocycles. The molecule has 9 rings (SSSR count). The van der Waals surface area contributed by atoms with Gasteiger partial charge in [-0.2, -0.15) is 0 Å². The normalized spacial score (nSPS) is 11.4. The van der Waals surface area contributed by atoms with Crippen molar-refractivity contribution in [2.75, 3.05) is 0 Å². The second-order valence-corrected chi connectivity index (χ2v) is 11.4. The Kier molecular flexibility index (Phi) is 6.35. The van der Waals surface area contributed by atoms with Gasteiger partial charge in [0.15, 0.2) is 17.5 Å². The van der Waals surface area contributed by atoms with E-state index in [0.717, 1.165) is 66.3 Å². The highest BCUT2D eigenvalue weighted by Crippen LogP contribution is 2.34. The Morgan fingerprint density at radius 2 is 1.00 bits per heavy atom. The highest BCUT2D eigenvalue weighted by molar-refractivity contribution is 6.04. The van der Waals surface area contributed by atoms with Crippen molar-refractivity contribution in [1.29, 1.82) is 0 Å². The molecule has 0 saturated heterocycles. The monoisotopic (exact) mass is 603 g/mol. The summed E-state index contributed by atoms with van der Waals surface area (Å²) in [5, 5.41) is 4.17. The predicted molar refractivity (Wildman–Crippen MR) is 187 cm³/mol. The molecular formula is C41H25N5O. The Bertz CT molecular complexity index is 2500. The summed E-state index contributed by atoms with van der Waals surface area (Å²) < 4.78 is 6.08. The van der Waals surface area contributed by atoms with Crippen LogP contribution in [0.25, 0.3) is 89.5 Å². The van der Waals surface area contributed by atoms with E-state index < -0.39 is 0 Å². The van der Waals surface area contributed by atoms with Crippen LogP contribution >= 0.6 is 0 Å². The number of nitrogens with zero attached hydrogens (tertiary/aromatic N) is 5. The van der Waals surface area contributed by atoms with Crippen molar-refractivity contribution in [3.05, 3.63) is 152 Å². The van der Waals surface area contributed by atoms with Gasteiger partial charge < -0.3 is 4.42 Å². The van der Waals surface area contributed by atoms with Gasteiger partial charge in [-0.1, -0.05) is 115 Å². The van der Waals surface area contributed by atoms with Crippen LogP contribution in [-0.2, 0) is 0 Å². The van der Waals surface area contributed by atoms with Gasteiger partial charge in [0.25, 0.3) is 0 Å². The minimum absolute atomic E-state index is 0.610. The van der Waals surface area contributed by atoms with Crippen LogP contribution in [0.15, 0.2) is 156 Å². The average molecular weight is 604 g/mol. The topological polar surface area (TPSA) is 77.6 Å². The summed E-state index contributed by atoms with van der Waals surface area (Å²) in [4.78, 5) is 24.2. The number of fused-ring (bicyclic) bond motifs is 4. The van der Waals surface area contributed by atoms with Gasteiger partial charge in [0, 0.05) is 39.0 Å². The molecule has 0 fully saturated rings. The van der Waals surface area contributed by atoms with Gasteiger partial charge in [-0.05, 0) is 46.8 Å². The average Bonchev–Trinajstić information content (AvgIpc) is 3.53. The molecule has 47 heavy (non-hydrogen) atoms. The molecule has 0 aliphatic rings. The molecule has 0 atom stereocenters. The van der Waals surface area contributed by atoms with Gasteiger partial charge >= 0.3 is 0 Å². The van der Waals surface area contributed by atoms with Crippen LogP contribution < -0.4 is 0 Å². The molecule has 0 radical (unpaired) electrons. The van der Waals surface area contributed by atoms with Crippen molar-refractivity contribution >= 4 is 32.8 Å². The van der Waals surface area contributed by atoms with Crippen molar-refractivity contribution in [1.82, 2.24) is 24.9 Å². The van der Waals surface area contributed by atoms with Gasteiger partial charge in [0.1, 0.15) is 5.58 Å². The summed E-state index contributed by atoms with van der Waals surface area (Å²) in [6.07, 6.45) is 1.83. The highest BCUT2D eigenvalue weighted by atomic mass is 16.3. The second-order valence-electron chi connectivity index (χ2n) is 11.4. The number of aromatic nitrogens is 5. The SMILES string of the molecule is c1ccc(-c2nc(-c3ccccc3)nc(-c3ccc(-c4ccc5ccnc(-c6ccc7c(n6)oc6ccccc67)c5c4)cc3)n2)cc1. The van der Waals surface area contributed by atoms with Crippen molar-refractivity contribution in [3.63, 3.8) is 0 Å². The summed E-state index contributed by atoms with van der Waals surface area (Å²) in [6.45, 7) is 0. The lowest BCUT2D eigenvalue weighted by Crippen LogP contribution is -2.00. The summed E-state index contributed by atoms with van der Waals surface area (Å²) in [7, 11) is 0. The number of rotatable bonds is 5. The number of hydrogen-bond acceptors (Lipinski definition) is 6. The zero-order valence-electron chi connectivity index (χ0n) is 25.1. The Labute approximate surface area is 270 Å². The summed E-state index contributed by atoms with van der Waals surface area (Å²) in [5.41, 5.74) is 7.98. The van der Waals surface area contributed by atoms with E-state index in [2.05, 4.69) is 54.6 Å². The zero-order valence-corrected chi connectivity index (χ0v) is 25.1. The molecule has 6 heteroatoms.